The third-order valence-electron chi connectivity index (χ3n) is 4.19. The van der Waals surface area contributed by atoms with Crippen molar-refractivity contribution in [2.75, 3.05) is 13.1 Å². The van der Waals surface area contributed by atoms with Crippen molar-refractivity contribution < 1.29 is 4.79 Å². The van der Waals surface area contributed by atoms with Crippen molar-refractivity contribution in [3.8, 4) is 0 Å². The van der Waals surface area contributed by atoms with Crippen LogP contribution in [0.4, 0.5) is 0 Å². The van der Waals surface area contributed by atoms with Crippen molar-refractivity contribution in [3.05, 3.63) is 35.4 Å². The van der Waals surface area contributed by atoms with Gasteiger partial charge in [-0.05, 0) is 35.8 Å². The van der Waals surface area contributed by atoms with E-state index in [4.69, 9.17) is 0 Å². The number of hydrogen-bond donors (Lipinski definition) is 2. The van der Waals surface area contributed by atoms with E-state index in [1.165, 1.54) is 12.0 Å². The normalized spacial score (nSPS) is 29.5. The first-order chi connectivity index (χ1) is 8.75. The van der Waals surface area contributed by atoms with Gasteiger partial charge in [0, 0.05) is 13.1 Å². The molecular weight excluding hydrogens is 224 g/mol. The summed E-state index contributed by atoms with van der Waals surface area (Å²) in [5, 5.41) is 6.40. The van der Waals surface area contributed by atoms with Crippen LogP contribution in [0, 0.1) is 11.8 Å². The van der Waals surface area contributed by atoms with Crippen molar-refractivity contribution in [2.45, 2.75) is 25.8 Å². The van der Waals surface area contributed by atoms with Gasteiger partial charge < -0.3 is 10.6 Å². The summed E-state index contributed by atoms with van der Waals surface area (Å²) < 4.78 is 0. The van der Waals surface area contributed by atoms with Gasteiger partial charge in [0.1, 0.15) is 6.04 Å². The molecule has 3 nitrogen and oxygen atoms in total. The van der Waals surface area contributed by atoms with Crippen molar-refractivity contribution >= 4 is 5.91 Å². The number of carbonyl (C=O) groups excluding carboxylic acids is 1. The SMILES string of the molecule is CC1CC1CNC(=O)C1NCCc2ccccc21. The zero-order valence-corrected chi connectivity index (χ0v) is 10.8. The van der Waals surface area contributed by atoms with Crippen LogP contribution in [-0.4, -0.2) is 19.0 Å². The first kappa shape index (κ1) is 11.7. The van der Waals surface area contributed by atoms with Crippen LogP contribution in [0.2, 0.25) is 0 Å². The van der Waals surface area contributed by atoms with Crippen molar-refractivity contribution in [1.82, 2.24) is 10.6 Å². The maximum atomic E-state index is 12.2. The number of amides is 1. The number of hydrogen-bond acceptors (Lipinski definition) is 2. The Labute approximate surface area is 108 Å². The molecule has 0 spiro atoms. The summed E-state index contributed by atoms with van der Waals surface area (Å²) in [5.74, 6) is 1.62. The highest BCUT2D eigenvalue weighted by molar-refractivity contribution is 5.84. The largest absolute Gasteiger partial charge is 0.354 e. The van der Waals surface area contributed by atoms with Gasteiger partial charge in [-0.25, -0.2) is 0 Å². The summed E-state index contributed by atoms with van der Waals surface area (Å²) >= 11 is 0. The van der Waals surface area contributed by atoms with Crippen LogP contribution in [0.25, 0.3) is 0 Å². The average molecular weight is 244 g/mol. The lowest BCUT2D eigenvalue weighted by Crippen LogP contribution is -2.42. The van der Waals surface area contributed by atoms with Gasteiger partial charge in [0.25, 0.3) is 0 Å². The van der Waals surface area contributed by atoms with E-state index in [0.717, 1.165) is 31.0 Å². The average Bonchev–Trinajstić information content (AvgIpc) is 3.11. The Hall–Kier alpha value is -1.35. The van der Waals surface area contributed by atoms with Gasteiger partial charge >= 0.3 is 0 Å². The smallest absolute Gasteiger partial charge is 0.241 e. The summed E-state index contributed by atoms with van der Waals surface area (Å²) in [7, 11) is 0. The number of fused-ring (bicyclic) bond motifs is 1. The molecule has 0 radical (unpaired) electrons. The second kappa shape index (κ2) is 4.73. The van der Waals surface area contributed by atoms with Crippen LogP contribution in [-0.2, 0) is 11.2 Å². The molecule has 1 fully saturated rings. The van der Waals surface area contributed by atoms with E-state index in [1.54, 1.807) is 0 Å². The maximum absolute atomic E-state index is 12.2. The van der Waals surface area contributed by atoms with Gasteiger partial charge in [-0.2, -0.15) is 0 Å². The molecule has 0 aromatic heterocycles. The molecule has 2 aliphatic rings. The van der Waals surface area contributed by atoms with Crippen molar-refractivity contribution in [2.24, 2.45) is 11.8 Å². The zero-order valence-electron chi connectivity index (χ0n) is 10.8. The summed E-state index contributed by atoms with van der Waals surface area (Å²) in [6.45, 7) is 3.96. The van der Waals surface area contributed by atoms with E-state index < -0.39 is 0 Å². The van der Waals surface area contributed by atoms with Gasteiger partial charge in [-0.1, -0.05) is 31.2 Å². The van der Waals surface area contributed by atoms with E-state index in [1.807, 2.05) is 12.1 Å². The van der Waals surface area contributed by atoms with Gasteiger partial charge in [-0.15, -0.1) is 0 Å². The Bertz CT molecular complexity index is 458. The molecule has 0 saturated heterocycles. The summed E-state index contributed by atoms with van der Waals surface area (Å²) in [6.07, 6.45) is 2.27. The quantitative estimate of drug-likeness (QED) is 0.849. The first-order valence-electron chi connectivity index (χ1n) is 6.84. The number of rotatable bonds is 3. The minimum Gasteiger partial charge on any atom is -0.354 e. The predicted molar refractivity (Wildman–Crippen MR) is 71.2 cm³/mol. The van der Waals surface area contributed by atoms with E-state index >= 15 is 0 Å². The molecule has 3 unspecified atom stereocenters. The topological polar surface area (TPSA) is 41.1 Å². The molecule has 3 heteroatoms. The van der Waals surface area contributed by atoms with Crippen LogP contribution in [0.3, 0.4) is 0 Å². The minimum absolute atomic E-state index is 0.126. The van der Waals surface area contributed by atoms with E-state index in [9.17, 15) is 4.79 Å². The Morgan fingerprint density at radius 2 is 2.22 bits per heavy atom. The zero-order chi connectivity index (χ0) is 12.5. The van der Waals surface area contributed by atoms with Crippen LogP contribution in [0.15, 0.2) is 24.3 Å². The molecule has 0 bridgehead atoms. The Kier molecular flexibility index (Phi) is 3.08. The molecule has 3 rings (SSSR count). The summed E-state index contributed by atoms with van der Waals surface area (Å²) in [4.78, 5) is 12.2. The van der Waals surface area contributed by atoms with Gasteiger partial charge in [0.2, 0.25) is 5.91 Å². The first-order valence-corrected chi connectivity index (χ1v) is 6.84. The van der Waals surface area contributed by atoms with Crippen molar-refractivity contribution in [1.29, 1.82) is 0 Å². The van der Waals surface area contributed by atoms with Crippen molar-refractivity contribution in [3.63, 3.8) is 0 Å². The fourth-order valence-corrected chi connectivity index (χ4v) is 2.76. The Morgan fingerprint density at radius 3 is 3.00 bits per heavy atom. The second-order valence-corrected chi connectivity index (χ2v) is 5.55. The lowest BCUT2D eigenvalue weighted by atomic mass is 9.94. The molecule has 18 heavy (non-hydrogen) atoms. The molecule has 3 atom stereocenters. The highest BCUT2D eigenvalue weighted by atomic mass is 16.2. The van der Waals surface area contributed by atoms with E-state index in [-0.39, 0.29) is 11.9 Å². The van der Waals surface area contributed by atoms with Crippen LogP contribution in [0.5, 0.6) is 0 Å². The van der Waals surface area contributed by atoms with E-state index in [2.05, 4.69) is 29.7 Å². The molecular formula is C15H20N2O. The third-order valence-corrected chi connectivity index (χ3v) is 4.19. The highest BCUT2D eigenvalue weighted by Crippen LogP contribution is 2.36. The fourth-order valence-electron chi connectivity index (χ4n) is 2.76. The molecule has 1 aromatic carbocycles. The molecule has 1 saturated carbocycles. The fraction of sp³-hybridized carbons (Fsp3) is 0.533. The van der Waals surface area contributed by atoms with Gasteiger partial charge in [0.15, 0.2) is 0 Å². The van der Waals surface area contributed by atoms with E-state index in [0.29, 0.717) is 5.92 Å². The molecule has 1 heterocycles. The standard InChI is InChI=1S/C15H20N2O/c1-10-8-12(10)9-17-15(18)14-13-5-3-2-4-11(13)6-7-16-14/h2-5,10,12,14,16H,6-9H2,1H3,(H,17,18). The van der Waals surface area contributed by atoms with Crippen LogP contribution in [0.1, 0.15) is 30.5 Å². The number of carbonyl (C=O) groups is 1. The minimum atomic E-state index is -0.163. The molecule has 1 amide bonds. The molecule has 96 valence electrons. The Balaban J connectivity index is 1.67. The number of benzene rings is 1. The van der Waals surface area contributed by atoms with Gasteiger partial charge in [0.05, 0.1) is 0 Å². The summed E-state index contributed by atoms with van der Waals surface area (Å²) in [5.41, 5.74) is 2.45. The predicted octanol–water partition coefficient (Wildman–Crippen LogP) is 1.65. The van der Waals surface area contributed by atoms with Crippen LogP contribution >= 0.6 is 0 Å². The third kappa shape index (κ3) is 2.27. The monoisotopic (exact) mass is 244 g/mol. The maximum Gasteiger partial charge on any atom is 0.241 e. The molecule has 1 aromatic rings. The van der Waals surface area contributed by atoms with Gasteiger partial charge in [-0.3, -0.25) is 4.79 Å². The lowest BCUT2D eigenvalue weighted by molar-refractivity contribution is -0.123. The lowest BCUT2D eigenvalue weighted by Gasteiger charge is -2.26. The number of nitrogens with one attached hydrogen (secondary N) is 2. The summed E-state index contributed by atoms with van der Waals surface area (Å²) in [6, 6.07) is 8.08. The highest BCUT2D eigenvalue weighted by Gasteiger charge is 2.33. The molecule has 1 aliphatic carbocycles. The second-order valence-electron chi connectivity index (χ2n) is 5.55. The Morgan fingerprint density at radius 1 is 1.44 bits per heavy atom. The molecule has 2 N–H and O–H groups in total. The molecule has 1 aliphatic heterocycles. The van der Waals surface area contributed by atoms with Crippen LogP contribution < -0.4 is 10.6 Å².